The van der Waals surface area contributed by atoms with Gasteiger partial charge >= 0.3 is 0 Å². The fourth-order valence-corrected chi connectivity index (χ4v) is 2.73. The fraction of sp³-hybridized carbons (Fsp3) is 0. The van der Waals surface area contributed by atoms with Crippen LogP contribution in [0.1, 0.15) is 0 Å². The molecule has 0 unspecified atom stereocenters. The van der Waals surface area contributed by atoms with Gasteiger partial charge in [0.15, 0.2) is 5.11 Å². The zero-order chi connectivity index (χ0) is 15.5. The van der Waals surface area contributed by atoms with E-state index < -0.39 is 10.0 Å². The molecule has 0 atom stereocenters. The Morgan fingerprint density at radius 1 is 1.05 bits per heavy atom. The van der Waals surface area contributed by atoms with Gasteiger partial charge in [-0.2, -0.15) is 0 Å². The highest BCUT2D eigenvalue weighted by atomic mass is 127. The first-order valence-electron chi connectivity index (χ1n) is 5.81. The Kier molecular flexibility index (Phi) is 5.14. The largest absolute Gasteiger partial charge is 0.332 e. The second-order valence-electron chi connectivity index (χ2n) is 4.16. The summed E-state index contributed by atoms with van der Waals surface area (Å²) in [7, 11) is -3.73. The molecular weight excluding hydrogens is 421 g/mol. The van der Waals surface area contributed by atoms with E-state index in [-0.39, 0.29) is 4.90 Å². The van der Waals surface area contributed by atoms with Gasteiger partial charge in [0, 0.05) is 14.9 Å². The van der Waals surface area contributed by atoms with E-state index in [1.54, 1.807) is 12.1 Å². The lowest BCUT2D eigenvalue weighted by atomic mass is 10.3. The molecule has 4 N–H and O–H groups in total. The summed E-state index contributed by atoms with van der Waals surface area (Å²) in [6.07, 6.45) is 0. The van der Waals surface area contributed by atoms with Crippen molar-refractivity contribution in [1.82, 2.24) is 0 Å². The number of hydrogen-bond donors (Lipinski definition) is 3. The number of nitrogens with two attached hydrogens (primary N) is 1. The Bertz CT molecular complexity index is 761. The average molecular weight is 433 g/mol. The second kappa shape index (κ2) is 6.69. The molecule has 5 nitrogen and oxygen atoms in total. The van der Waals surface area contributed by atoms with E-state index in [0.29, 0.717) is 10.8 Å². The van der Waals surface area contributed by atoms with Gasteiger partial charge in [0.25, 0.3) is 0 Å². The maximum Gasteiger partial charge on any atom is 0.238 e. The number of hydrogen-bond acceptors (Lipinski definition) is 3. The molecule has 0 saturated heterocycles. The Hall–Kier alpha value is -1.23. The molecule has 0 bridgehead atoms. The summed E-state index contributed by atoms with van der Waals surface area (Å²) >= 11 is 7.40. The van der Waals surface area contributed by atoms with Crippen LogP contribution in [-0.4, -0.2) is 13.5 Å². The third-order valence-electron chi connectivity index (χ3n) is 2.52. The normalized spacial score (nSPS) is 11.0. The van der Waals surface area contributed by atoms with Gasteiger partial charge in [-0.1, -0.05) is 6.07 Å². The number of rotatable bonds is 3. The lowest BCUT2D eigenvalue weighted by Gasteiger charge is -2.11. The van der Waals surface area contributed by atoms with Crippen LogP contribution >= 0.6 is 34.8 Å². The first-order chi connectivity index (χ1) is 9.84. The third-order valence-corrected chi connectivity index (χ3v) is 4.36. The maximum atomic E-state index is 11.3. The highest BCUT2D eigenvalue weighted by molar-refractivity contribution is 14.1. The molecule has 8 heteroatoms. The molecule has 0 aliphatic heterocycles. The highest BCUT2D eigenvalue weighted by Gasteiger charge is 2.08. The summed E-state index contributed by atoms with van der Waals surface area (Å²) in [5, 5.41) is 11.4. The zero-order valence-corrected chi connectivity index (χ0v) is 14.5. The number of anilines is 2. The van der Waals surface area contributed by atoms with Crippen LogP contribution < -0.4 is 15.8 Å². The average Bonchev–Trinajstić information content (AvgIpc) is 2.41. The molecule has 21 heavy (non-hydrogen) atoms. The van der Waals surface area contributed by atoms with Crippen molar-refractivity contribution in [1.29, 1.82) is 0 Å². The van der Waals surface area contributed by atoms with E-state index in [2.05, 4.69) is 33.2 Å². The first-order valence-corrected chi connectivity index (χ1v) is 8.84. The fourth-order valence-electron chi connectivity index (χ4n) is 1.58. The van der Waals surface area contributed by atoms with Crippen molar-refractivity contribution >= 4 is 61.3 Å². The van der Waals surface area contributed by atoms with Crippen LogP contribution in [0.5, 0.6) is 0 Å². The molecule has 0 aromatic heterocycles. The van der Waals surface area contributed by atoms with Crippen molar-refractivity contribution in [2.24, 2.45) is 5.14 Å². The highest BCUT2D eigenvalue weighted by Crippen LogP contribution is 2.15. The van der Waals surface area contributed by atoms with Crippen LogP contribution in [0.4, 0.5) is 11.4 Å². The number of benzene rings is 2. The van der Waals surface area contributed by atoms with Crippen LogP contribution in [0.25, 0.3) is 0 Å². The molecular formula is C13H12IN3O2S2. The Morgan fingerprint density at radius 2 is 1.67 bits per heavy atom. The van der Waals surface area contributed by atoms with Crippen LogP contribution in [0.3, 0.4) is 0 Å². The maximum absolute atomic E-state index is 11.3. The molecule has 0 fully saturated rings. The Labute approximate surface area is 142 Å². The molecule has 2 aromatic rings. The minimum atomic E-state index is -3.73. The standard InChI is InChI=1S/C13H12IN3O2S2/c14-9-4-6-10(7-5-9)16-13(20)17-11-2-1-3-12(8-11)21(15,18)19/h1-8H,(H2,15,18,19)(H2,16,17,20). The van der Waals surface area contributed by atoms with Crippen molar-refractivity contribution < 1.29 is 8.42 Å². The van der Waals surface area contributed by atoms with Gasteiger partial charge in [-0.25, -0.2) is 13.6 Å². The Morgan fingerprint density at radius 3 is 2.29 bits per heavy atom. The molecule has 2 rings (SSSR count). The summed E-state index contributed by atoms with van der Waals surface area (Å²) in [5.74, 6) is 0. The lowest BCUT2D eigenvalue weighted by Crippen LogP contribution is -2.19. The van der Waals surface area contributed by atoms with E-state index in [4.69, 9.17) is 17.4 Å². The summed E-state index contributed by atoms with van der Waals surface area (Å²) in [4.78, 5) is 0.0320. The van der Waals surface area contributed by atoms with Crippen molar-refractivity contribution in [3.63, 3.8) is 0 Å². The van der Waals surface area contributed by atoms with E-state index in [1.165, 1.54) is 12.1 Å². The monoisotopic (exact) mass is 433 g/mol. The van der Waals surface area contributed by atoms with E-state index in [0.717, 1.165) is 9.26 Å². The second-order valence-corrected chi connectivity index (χ2v) is 7.37. The predicted molar refractivity (Wildman–Crippen MR) is 96.8 cm³/mol. The van der Waals surface area contributed by atoms with Gasteiger partial charge in [-0.3, -0.25) is 0 Å². The lowest BCUT2D eigenvalue weighted by molar-refractivity contribution is 0.598. The summed E-state index contributed by atoms with van der Waals surface area (Å²) in [6.45, 7) is 0. The third kappa shape index (κ3) is 4.92. The smallest absolute Gasteiger partial charge is 0.238 e. The van der Waals surface area contributed by atoms with Crippen molar-refractivity contribution in [3.8, 4) is 0 Å². The van der Waals surface area contributed by atoms with Crippen LogP contribution in [0.2, 0.25) is 0 Å². The molecule has 0 spiro atoms. The molecule has 0 heterocycles. The van der Waals surface area contributed by atoms with E-state index in [1.807, 2.05) is 24.3 Å². The minimum absolute atomic E-state index is 0.0320. The molecule has 0 radical (unpaired) electrons. The molecule has 0 aliphatic carbocycles. The zero-order valence-electron chi connectivity index (χ0n) is 10.7. The van der Waals surface area contributed by atoms with Crippen molar-refractivity contribution in [2.45, 2.75) is 4.90 Å². The predicted octanol–water partition coefficient (Wildman–Crippen LogP) is 2.75. The number of thiocarbonyl (C=S) groups is 1. The quantitative estimate of drug-likeness (QED) is 0.512. The number of nitrogens with one attached hydrogen (secondary N) is 2. The van der Waals surface area contributed by atoms with Gasteiger partial charge < -0.3 is 10.6 Å². The van der Waals surface area contributed by atoms with Gasteiger partial charge in [0.2, 0.25) is 10.0 Å². The van der Waals surface area contributed by atoms with E-state index >= 15 is 0 Å². The number of sulfonamides is 1. The van der Waals surface area contributed by atoms with Gasteiger partial charge in [0.1, 0.15) is 0 Å². The summed E-state index contributed by atoms with van der Waals surface area (Å²) in [5.41, 5.74) is 1.39. The molecule has 0 saturated carbocycles. The molecule has 110 valence electrons. The molecule has 2 aromatic carbocycles. The topological polar surface area (TPSA) is 84.2 Å². The minimum Gasteiger partial charge on any atom is -0.332 e. The summed E-state index contributed by atoms with van der Waals surface area (Å²) in [6, 6.07) is 13.9. The van der Waals surface area contributed by atoms with Gasteiger partial charge in [0.05, 0.1) is 4.90 Å². The Balaban J connectivity index is 2.08. The number of primary sulfonamides is 1. The van der Waals surface area contributed by atoms with Crippen LogP contribution in [0, 0.1) is 3.57 Å². The molecule has 0 aliphatic rings. The summed E-state index contributed by atoms with van der Waals surface area (Å²) < 4.78 is 23.7. The van der Waals surface area contributed by atoms with Crippen LogP contribution in [-0.2, 0) is 10.0 Å². The SMILES string of the molecule is NS(=O)(=O)c1cccc(NC(=S)Nc2ccc(I)cc2)c1. The molecule has 0 amide bonds. The van der Waals surface area contributed by atoms with Gasteiger partial charge in [-0.15, -0.1) is 0 Å². The van der Waals surface area contributed by atoms with Crippen molar-refractivity contribution in [3.05, 3.63) is 52.1 Å². The van der Waals surface area contributed by atoms with Crippen molar-refractivity contribution in [2.75, 3.05) is 10.6 Å². The van der Waals surface area contributed by atoms with E-state index in [9.17, 15) is 8.42 Å². The van der Waals surface area contributed by atoms with Crippen LogP contribution in [0.15, 0.2) is 53.4 Å². The number of halogens is 1. The van der Waals surface area contributed by atoms with Gasteiger partial charge in [-0.05, 0) is 77.3 Å². The first kappa shape index (κ1) is 16.1.